The highest BCUT2D eigenvalue weighted by atomic mass is 14.8. The first-order valence-corrected chi connectivity index (χ1v) is 3.90. The van der Waals surface area contributed by atoms with Crippen LogP contribution in [0.5, 0.6) is 0 Å². The number of anilines is 1. The predicted molar refractivity (Wildman–Crippen MR) is 50.7 cm³/mol. The van der Waals surface area contributed by atoms with Gasteiger partial charge in [-0.3, -0.25) is 4.98 Å². The van der Waals surface area contributed by atoms with E-state index in [0.29, 0.717) is 5.82 Å². The minimum absolute atomic E-state index is 0.518. The van der Waals surface area contributed by atoms with Gasteiger partial charge in [0.05, 0.1) is 0 Å². The van der Waals surface area contributed by atoms with E-state index in [2.05, 4.69) is 16.0 Å². The first-order valence-electron chi connectivity index (χ1n) is 3.90. The number of aromatic nitrogens is 2. The highest BCUT2D eigenvalue weighted by molar-refractivity contribution is 5.72. The lowest BCUT2D eigenvalue weighted by Crippen LogP contribution is -1.92. The van der Waals surface area contributed by atoms with Crippen molar-refractivity contribution < 1.29 is 0 Å². The lowest BCUT2D eigenvalue weighted by molar-refractivity contribution is 1.31. The van der Waals surface area contributed by atoms with E-state index in [-0.39, 0.29) is 0 Å². The van der Waals surface area contributed by atoms with Gasteiger partial charge in [0, 0.05) is 30.2 Å². The SMILES string of the molecule is Nc1nc[c]cc1-c1ccncc1. The molecule has 0 aliphatic carbocycles. The van der Waals surface area contributed by atoms with Crippen molar-refractivity contribution in [1.29, 1.82) is 0 Å². The van der Waals surface area contributed by atoms with Crippen LogP contribution in [0.15, 0.2) is 36.8 Å². The normalized spacial score (nSPS) is 9.85. The number of rotatable bonds is 1. The molecule has 2 rings (SSSR count). The molecule has 3 nitrogen and oxygen atoms in total. The van der Waals surface area contributed by atoms with E-state index in [9.17, 15) is 0 Å². The predicted octanol–water partition coefficient (Wildman–Crippen LogP) is 1.53. The van der Waals surface area contributed by atoms with Gasteiger partial charge in [0.1, 0.15) is 5.82 Å². The summed E-state index contributed by atoms with van der Waals surface area (Å²) < 4.78 is 0. The molecule has 0 amide bonds. The summed E-state index contributed by atoms with van der Waals surface area (Å²) in [6, 6.07) is 8.49. The number of hydrogen-bond donors (Lipinski definition) is 1. The largest absolute Gasteiger partial charge is 0.383 e. The summed E-state index contributed by atoms with van der Waals surface area (Å²) in [6.45, 7) is 0. The van der Waals surface area contributed by atoms with Crippen LogP contribution in [0.4, 0.5) is 5.82 Å². The minimum Gasteiger partial charge on any atom is -0.383 e. The summed E-state index contributed by atoms with van der Waals surface area (Å²) in [5.74, 6) is 0.518. The van der Waals surface area contributed by atoms with Gasteiger partial charge in [0.25, 0.3) is 0 Å². The van der Waals surface area contributed by atoms with Gasteiger partial charge in [-0.25, -0.2) is 4.98 Å². The molecule has 0 bridgehead atoms. The molecule has 0 saturated carbocycles. The molecular formula is C10H8N3. The van der Waals surface area contributed by atoms with E-state index in [4.69, 9.17) is 5.73 Å². The third kappa shape index (κ3) is 1.49. The number of nitrogens with zero attached hydrogens (tertiary/aromatic N) is 2. The Morgan fingerprint density at radius 2 is 2.00 bits per heavy atom. The fourth-order valence-corrected chi connectivity index (χ4v) is 1.13. The number of pyridine rings is 2. The van der Waals surface area contributed by atoms with Crippen molar-refractivity contribution in [3.8, 4) is 11.1 Å². The fraction of sp³-hybridized carbons (Fsp3) is 0. The maximum absolute atomic E-state index is 5.70. The second kappa shape index (κ2) is 3.23. The molecule has 0 saturated heterocycles. The molecule has 0 unspecified atom stereocenters. The second-order valence-electron chi connectivity index (χ2n) is 2.60. The van der Waals surface area contributed by atoms with Gasteiger partial charge in [-0.2, -0.15) is 0 Å². The van der Waals surface area contributed by atoms with Gasteiger partial charge in [-0.1, -0.05) is 0 Å². The van der Waals surface area contributed by atoms with Crippen LogP contribution in [-0.4, -0.2) is 9.97 Å². The molecule has 3 heteroatoms. The summed E-state index contributed by atoms with van der Waals surface area (Å²) in [5.41, 5.74) is 7.61. The van der Waals surface area contributed by atoms with E-state index in [0.717, 1.165) is 11.1 Å². The minimum atomic E-state index is 0.518. The van der Waals surface area contributed by atoms with E-state index in [1.165, 1.54) is 0 Å². The molecule has 2 aromatic rings. The molecule has 0 aliphatic rings. The van der Waals surface area contributed by atoms with Gasteiger partial charge in [0.2, 0.25) is 0 Å². The van der Waals surface area contributed by atoms with Crippen molar-refractivity contribution in [3.05, 3.63) is 42.9 Å². The monoisotopic (exact) mass is 170 g/mol. The highest BCUT2D eigenvalue weighted by Crippen LogP contribution is 2.21. The molecule has 63 valence electrons. The second-order valence-corrected chi connectivity index (χ2v) is 2.60. The van der Waals surface area contributed by atoms with Gasteiger partial charge in [-0.05, 0) is 23.8 Å². The van der Waals surface area contributed by atoms with Crippen LogP contribution in [0.1, 0.15) is 0 Å². The van der Waals surface area contributed by atoms with E-state index < -0.39 is 0 Å². The van der Waals surface area contributed by atoms with E-state index in [1.54, 1.807) is 18.6 Å². The lowest BCUT2D eigenvalue weighted by atomic mass is 10.1. The smallest absolute Gasteiger partial charge is 0.131 e. The zero-order valence-electron chi connectivity index (χ0n) is 6.94. The molecule has 13 heavy (non-hydrogen) atoms. The van der Waals surface area contributed by atoms with Gasteiger partial charge < -0.3 is 5.73 Å². The van der Waals surface area contributed by atoms with E-state index in [1.807, 2.05) is 18.2 Å². The van der Waals surface area contributed by atoms with Crippen molar-refractivity contribution in [3.63, 3.8) is 0 Å². The standard InChI is InChI=1S/C10H8N3/c11-10-9(2-1-5-13-10)8-3-6-12-7-4-8/h2-7H,(H2,11,13). The van der Waals surface area contributed by atoms with Crippen molar-refractivity contribution in [2.24, 2.45) is 0 Å². The van der Waals surface area contributed by atoms with Crippen LogP contribution in [-0.2, 0) is 0 Å². The Balaban J connectivity index is 2.54. The fourth-order valence-electron chi connectivity index (χ4n) is 1.13. The highest BCUT2D eigenvalue weighted by Gasteiger charge is 2.00. The van der Waals surface area contributed by atoms with Crippen LogP contribution in [0, 0.1) is 6.07 Å². The molecular weight excluding hydrogens is 162 g/mol. The molecule has 0 aliphatic heterocycles. The third-order valence-electron chi connectivity index (χ3n) is 1.77. The van der Waals surface area contributed by atoms with E-state index >= 15 is 0 Å². The third-order valence-corrected chi connectivity index (χ3v) is 1.77. The first kappa shape index (κ1) is 7.73. The summed E-state index contributed by atoms with van der Waals surface area (Å²) >= 11 is 0. The zero-order valence-corrected chi connectivity index (χ0v) is 6.94. The van der Waals surface area contributed by atoms with Crippen LogP contribution in [0.3, 0.4) is 0 Å². The summed E-state index contributed by atoms with van der Waals surface area (Å²) in [4.78, 5) is 7.89. The average Bonchev–Trinajstić information content (AvgIpc) is 2.20. The molecule has 0 spiro atoms. The maximum Gasteiger partial charge on any atom is 0.131 e. The number of nitrogen functional groups attached to an aromatic ring is 1. The Morgan fingerprint density at radius 1 is 1.23 bits per heavy atom. The zero-order chi connectivity index (χ0) is 9.10. The Kier molecular flexibility index (Phi) is 1.92. The molecule has 0 aromatic carbocycles. The van der Waals surface area contributed by atoms with Crippen molar-refractivity contribution >= 4 is 5.82 Å². The van der Waals surface area contributed by atoms with Crippen LogP contribution in [0.25, 0.3) is 11.1 Å². The average molecular weight is 170 g/mol. The topological polar surface area (TPSA) is 51.8 Å². The lowest BCUT2D eigenvalue weighted by Gasteiger charge is -2.02. The van der Waals surface area contributed by atoms with Crippen molar-refractivity contribution in [2.45, 2.75) is 0 Å². The summed E-state index contributed by atoms with van der Waals surface area (Å²) in [5, 5.41) is 0. The summed E-state index contributed by atoms with van der Waals surface area (Å²) in [6.07, 6.45) is 5.00. The number of hydrogen-bond acceptors (Lipinski definition) is 3. The quantitative estimate of drug-likeness (QED) is 0.706. The van der Waals surface area contributed by atoms with Crippen LogP contribution >= 0.6 is 0 Å². The molecule has 2 heterocycles. The first-order chi connectivity index (χ1) is 6.38. The molecule has 0 atom stereocenters. The molecule has 0 fully saturated rings. The number of nitrogens with two attached hydrogens (primary N) is 1. The van der Waals surface area contributed by atoms with Crippen molar-refractivity contribution in [1.82, 2.24) is 9.97 Å². The Bertz CT molecular complexity index is 398. The Labute approximate surface area is 76.3 Å². The van der Waals surface area contributed by atoms with Crippen LogP contribution < -0.4 is 5.73 Å². The molecule has 2 aromatic heterocycles. The molecule has 1 radical (unpaired) electrons. The van der Waals surface area contributed by atoms with Gasteiger partial charge in [0.15, 0.2) is 0 Å². The van der Waals surface area contributed by atoms with Crippen LogP contribution in [0.2, 0.25) is 0 Å². The molecule has 2 N–H and O–H groups in total. The maximum atomic E-state index is 5.70. The Hall–Kier alpha value is -1.90. The van der Waals surface area contributed by atoms with Crippen molar-refractivity contribution in [2.75, 3.05) is 5.73 Å². The van der Waals surface area contributed by atoms with Gasteiger partial charge in [-0.15, -0.1) is 0 Å². The summed E-state index contributed by atoms with van der Waals surface area (Å²) in [7, 11) is 0. The Morgan fingerprint density at radius 3 is 2.69 bits per heavy atom. The van der Waals surface area contributed by atoms with Gasteiger partial charge >= 0.3 is 0 Å².